The van der Waals surface area contributed by atoms with E-state index in [1.165, 1.54) is 24.2 Å². The molecule has 2 aromatic rings. The maximum absolute atomic E-state index is 12.9. The van der Waals surface area contributed by atoms with Crippen molar-refractivity contribution in [1.29, 1.82) is 0 Å². The van der Waals surface area contributed by atoms with E-state index in [1.807, 2.05) is 0 Å². The second kappa shape index (κ2) is 5.68. The molecule has 0 spiro atoms. The number of hydrogen-bond donors (Lipinski definition) is 1. The van der Waals surface area contributed by atoms with Gasteiger partial charge in [-0.3, -0.25) is 9.48 Å². The number of nitrogens with one attached hydrogen (secondary N) is 1. The monoisotopic (exact) mass is 341 g/mol. The molecule has 0 bridgehead atoms. The number of carbonyl (C=O) groups excluding carboxylic acids is 1. The third-order valence-corrected chi connectivity index (χ3v) is 5.23. The van der Waals surface area contributed by atoms with Gasteiger partial charge in [0, 0.05) is 23.7 Å². The Morgan fingerprint density at radius 3 is 2.72 bits per heavy atom. The highest BCUT2D eigenvalue weighted by molar-refractivity contribution is 5.94. The largest absolute Gasteiger partial charge is 0.350 e. The molecule has 1 N–H and O–H groups in total. The first-order chi connectivity index (χ1) is 11.8. The lowest BCUT2D eigenvalue weighted by atomic mass is 10.1. The normalized spacial score (nSPS) is 21.0. The maximum atomic E-state index is 12.9. The first-order valence-electron chi connectivity index (χ1n) is 8.99. The summed E-state index contributed by atoms with van der Waals surface area (Å²) in [5.41, 5.74) is 3.91. The van der Waals surface area contributed by atoms with Crippen molar-refractivity contribution in [2.75, 3.05) is 6.54 Å². The molecule has 25 heavy (non-hydrogen) atoms. The lowest BCUT2D eigenvalue weighted by molar-refractivity contribution is 0.0946. The SMILES string of the molecule is CC(C)(C)n1nc(C(=O)NCCc2ccc(F)cc2)c2c1[C@@H]1C[C@@H]1C2. The summed E-state index contributed by atoms with van der Waals surface area (Å²) in [4.78, 5) is 12.7. The predicted molar refractivity (Wildman–Crippen MR) is 94.2 cm³/mol. The number of rotatable bonds is 4. The van der Waals surface area contributed by atoms with Crippen LogP contribution in [0.1, 0.15) is 60.4 Å². The number of carbonyl (C=O) groups is 1. The summed E-state index contributed by atoms with van der Waals surface area (Å²) < 4.78 is 15.0. The molecule has 1 fully saturated rings. The van der Waals surface area contributed by atoms with Crippen LogP contribution in [-0.2, 0) is 18.4 Å². The first kappa shape index (κ1) is 16.3. The Labute approximate surface area is 147 Å². The van der Waals surface area contributed by atoms with Gasteiger partial charge in [-0.15, -0.1) is 0 Å². The van der Waals surface area contributed by atoms with Gasteiger partial charge in [-0.2, -0.15) is 5.10 Å². The molecule has 1 amide bonds. The van der Waals surface area contributed by atoms with E-state index in [1.54, 1.807) is 12.1 Å². The summed E-state index contributed by atoms with van der Waals surface area (Å²) in [5.74, 6) is 0.979. The lowest BCUT2D eigenvalue weighted by Gasteiger charge is -2.22. The third-order valence-electron chi connectivity index (χ3n) is 5.23. The Hall–Kier alpha value is -2.17. The van der Waals surface area contributed by atoms with Crippen LogP contribution in [0, 0.1) is 11.7 Å². The van der Waals surface area contributed by atoms with Gasteiger partial charge in [0.15, 0.2) is 5.69 Å². The summed E-state index contributed by atoms with van der Waals surface area (Å²) in [5, 5.41) is 7.65. The topological polar surface area (TPSA) is 46.9 Å². The summed E-state index contributed by atoms with van der Waals surface area (Å²) in [6.45, 7) is 6.92. The zero-order valence-electron chi connectivity index (χ0n) is 15.0. The maximum Gasteiger partial charge on any atom is 0.272 e. The van der Waals surface area contributed by atoms with Gasteiger partial charge in [0.05, 0.1) is 5.54 Å². The van der Waals surface area contributed by atoms with Crippen LogP contribution in [0.15, 0.2) is 24.3 Å². The van der Waals surface area contributed by atoms with Crippen molar-refractivity contribution in [1.82, 2.24) is 15.1 Å². The minimum atomic E-state index is -0.241. The quantitative estimate of drug-likeness (QED) is 0.926. The molecular formula is C20H24FN3O. The molecule has 1 aromatic carbocycles. The van der Waals surface area contributed by atoms with E-state index in [-0.39, 0.29) is 17.3 Å². The van der Waals surface area contributed by atoms with E-state index in [9.17, 15) is 9.18 Å². The van der Waals surface area contributed by atoms with Crippen LogP contribution in [0.4, 0.5) is 4.39 Å². The standard InChI is InChI=1S/C20H24FN3O/c1-20(2,3)24-18-15-10-13(15)11-16(18)17(23-24)19(25)22-9-8-12-4-6-14(21)7-5-12/h4-7,13,15H,8-11H2,1-3H3,(H,22,25)/t13-,15-/m1/s1. The summed E-state index contributed by atoms with van der Waals surface area (Å²) in [7, 11) is 0. The van der Waals surface area contributed by atoms with Crippen molar-refractivity contribution in [2.45, 2.75) is 51.5 Å². The number of amides is 1. The molecule has 1 aromatic heterocycles. The molecule has 2 atom stereocenters. The fourth-order valence-electron chi connectivity index (χ4n) is 3.86. The number of benzene rings is 1. The number of fused-ring (bicyclic) bond motifs is 3. The third kappa shape index (κ3) is 2.96. The summed E-state index contributed by atoms with van der Waals surface area (Å²) in [6.07, 6.45) is 2.90. The molecule has 2 aliphatic rings. The number of halogens is 1. The van der Waals surface area contributed by atoms with Gasteiger partial charge in [-0.25, -0.2) is 4.39 Å². The van der Waals surface area contributed by atoms with Crippen molar-refractivity contribution in [3.05, 3.63) is 52.6 Å². The van der Waals surface area contributed by atoms with Crippen LogP contribution in [0.3, 0.4) is 0 Å². The Bertz CT molecular complexity index is 817. The van der Waals surface area contributed by atoms with Crippen molar-refractivity contribution < 1.29 is 9.18 Å². The molecule has 5 heteroatoms. The Kier molecular flexibility index (Phi) is 3.71. The zero-order valence-corrected chi connectivity index (χ0v) is 15.0. The average Bonchev–Trinajstić information content (AvgIpc) is 3.03. The highest BCUT2D eigenvalue weighted by atomic mass is 19.1. The van der Waals surface area contributed by atoms with Crippen LogP contribution >= 0.6 is 0 Å². The number of nitrogens with zero attached hydrogens (tertiary/aromatic N) is 2. The van der Waals surface area contributed by atoms with Gasteiger partial charge in [0.25, 0.3) is 5.91 Å². The van der Waals surface area contributed by atoms with E-state index in [2.05, 4.69) is 35.9 Å². The molecule has 2 aliphatic carbocycles. The molecule has 4 nitrogen and oxygen atoms in total. The van der Waals surface area contributed by atoms with Gasteiger partial charge in [0.1, 0.15) is 5.82 Å². The van der Waals surface area contributed by atoms with E-state index in [0.717, 1.165) is 17.5 Å². The molecule has 0 radical (unpaired) electrons. The molecule has 1 heterocycles. The van der Waals surface area contributed by atoms with Crippen LogP contribution in [0.25, 0.3) is 0 Å². The Morgan fingerprint density at radius 2 is 2.04 bits per heavy atom. The van der Waals surface area contributed by atoms with Crippen molar-refractivity contribution in [3.63, 3.8) is 0 Å². The molecule has 4 rings (SSSR count). The van der Waals surface area contributed by atoms with Crippen LogP contribution < -0.4 is 5.32 Å². The first-order valence-corrected chi connectivity index (χ1v) is 8.99. The van der Waals surface area contributed by atoms with Crippen molar-refractivity contribution in [2.24, 2.45) is 5.92 Å². The Morgan fingerprint density at radius 1 is 1.32 bits per heavy atom. The highest BCUT2D eigenvalue weighted by Gasteiger charge is 2.50. The highest BCUT2D eigenvalue weighted by Crippen LogP contribution is 2.57. The van der Waals surface area contributed by atoms with Crippen molar-refractivity contribution >= 4 is 5.91 Å². The predicted octanol–water partition coefficient (Wildman–Crippen LogP) is 3.41. The Balaban J connectivity index is 1.47. The minimum Gasteiger partial charge on any atom is -0.350 e. The van der Waals surface area contributed by atoms with Gasteiger partial charge in [0.2, 0.25) is 0 Å². The number of hydrogen-bond acceptors (Lipinski definition) is 2. The molecule has 132 valence electrons. The zero-order chi connectivity index (χ0) is 17.8. The van der Waals surface area contributed by atoms with E-state index < -0.39 is 0 Å². The van der Waals surface area contributed by atoms with Gasteiger partial charge < -0.3 is 5.32 Å². The fraction of sp³-hybridized carbons (Fsp3) is 0.500. The molecule has 0 aliphatic heterocycles. The van der Waals surface area contributed by atoms with E-state index in [0.29, 0.717) is 30.5 Å². The molecular weight excluding hydrogens is 317 g/mol. The van der Waals surface area contributed by atoms with E-state index in [4.69, 9.17) is 0 Å². The van der Waals surface area contributed by atoms with Gasteiger partial charge in [-0.1, -0.05) is 12.1 Å². The molecule has 1 saturated carbocycles. The van der Waals surface area contributed by atoms with Crippen LogP contribution in [0.5, 0.6) is 0 Å². The van der Waals surface area contributed by atoms with E-state index >= 15 is 0 Å². The lowest BCUT2D eigenvalue weighted by Crippen LogP contribution is -2.28. The minimum absolute atomic E-state index is 0.0948. The molecule has 0 saturated heterocycles. The van der Waals surface area contributed by atoms with Crippen LogP contribution in [-0.4, -0.2) is 22.2 Å². The van der Waals surface area contributed by atoms with Crippen molar-refractivity contribution in [3.8, 4) is 0 Å². The van der Waals surface area contributed by atoms with Crippen LogP contribution in [0.2, 0.25) is 0 Å². The fourth-order valence-corrected chi connectivity index (χ4v) is 3.86. The second-order valence-electron chi connectivity index (χ2n) is 8.23. The smallest absolute Gasteiger partial charge is 0.272 e. The molecule has 0 unspecified atom stereocenters. The van der Waals surface area contributed by atoms with Gasteiger partial charge in [-0.05, 0) is 63.6 Å². The summed E-state index contributed by atoms with van der Waals surface area (Å²) >= 11 is 0. The number of aromatic nitrogens is 2. The second-order valence-corrected chi connectivity index (χ2v) is 8.23. The average molecular weight is 341 g/mol. The summed E-state index contributed by atoms with van der Waals surface area (Å²) in [6, 6.07) is 6.39. The van der Waals surface area contributed by atoms with Gasteiger partial charge >= 0.3 is 0 Å².